The van der Waals surface area contributed by atoms with Crippen molar-refractivity contribution in [1.82, 2.24) is 4.31 Å². The van der Waals surface area contributed by atoms with Gasteiger partial charge in [0.25, 0.3) is 0 Å². The molecular weight excluding hydrogens is 164 g/mol. The molecule has 1 aliphatic rings. The fourth-order valence-electron chi connectivity index (χ4n) is 0.958. The zero-order chi connectivity index (χ0) is 8.48. The Hall–Kier alpha value is -0.130. The predicted molar refractivity (Wildman–Crippen MR) is 43.6 cm³/mol. The Morgan fingerprint density at radius 3 is 2.45 bits per heavy atom. The number of sulfonamides is 1. The van der Waals surface area contributed by atoms with Crippen molar-refractivity contribution in [1.29, 1.82) is 0 Å². The molecule has 0 saturated heterocycles. The molecular formula is C6H14N2O2S. The summed E-state index contributed by atoms with van der Waals surface area (Å²) in [4.78, 5) is 0. The molecule has 1 fully saturated rings. The van der Waals surface area contributed by atoms with Crippen molar-refractivity contribution in [3.8, 4) is 0 Å². The summed E-state index contributed by atoms with van der Waals surface area (Å²) in [6.07, 6.45) is 2.00. The summed E-state index contributed by atoms with van der Waals surface area (Å²) in [5.41, 5.74) is 5.17. The SMILES string of the molecule is CN(C1CC1)S(=O)(=O)CCN. The zero-order valence-corrected chi connectivity index (χ0v) is 7.47. The number of nitrogens with zero attached hydrogens (tertiary/aromatic N) is 1. The van der Waals surface area contributed by atoms with Crippen molar-refractivity contribution in [3.05, 3.63) is 0 Å². The molecule has 2 N–H and O–H groups in total. The molecule has 4 nitrogen and oxygen atoms in total. The molecule has 0 amide bonds. The van der Waals surface area contributed by atoms with Gasteiger partial charge in [0.2, 0.25) is 10.0 Å². The van der Waals surface area contributed by atoms with Crippen molar-refractivity contribution in [2.24, 2.45) is 5.73 Å². The third-order valence-electron chi connectivity index (χ3n) is 1.88. The van der Waals surface area contributed by atoms with Crippen LogP contribution in [0.15, 0.2) is 0 Å². The Labute approximate surface area is 67.4 Å². The van der Waals surface area contributed by atoms with Crippen LogP contribution in [-0.4, -0.2) is 38.1 Å². The second kappa shape index (κ2) is 3.08. The maximum Gasteiger partial charge on any atom is 0.215 e. The third kappa shape index (κ3) is 2.15. The topological polar surface area (TPSA) is 63.4 Å². The van der Waals surface area contributed by atoms with Crippen LogP contribution in [0.1, 0.15) is 12.8 Å². The summed E-state index contributed by atoms with van der Waals surface area (Å²) in [6, 6.07) is 0.256. The largest absolute Gasteiger partial charge is 0.329 e. The van der Waals surface area contributed by atoms with Gasteiger partial charge in [-0.15, -0.1) is 0 Å². The predicted octanol–water partition coefficient (Wildman–Crippen LogP) is -0.631. The van der Waals surface area contributed by atoms with Crippen LogP contribution < -0.4 is 5.73 Å². The second-order valence-electron chi connectivity index (χ2n) is 2.85. The maximum atomic E-state index is 11.3. The molecule has 0 radical (unpaired) electrons. The molecule has 11 heavy (non-hydrogen) atoms. The highest BCUT2D eigenvalue weighted by molar-refractivity contribution is 7.89. The summed E-state index contributed by atoms with van der Waals surface area (Å²) in [5.74, 6) is 0.0694. The van der Waals surface area contributed by atoms with Gasteiger partial charge in [0, 0.05) is 19.6 Å². The van der Waals surface area contributed by atoms with Crippen molar-refractivity contribution in [3.63, 3.8) is 0 Å². The van der Waals surface area contributed by atoms with Crippen molar-refractivity contribution in [2.45, 2.75) is 18.9 Å². The Kier molecular flexibility index (Phi) is 2.51. The lowest BCUT2D eigenvalue weighted by Gasteiger charge is -2.14. The van der Waals surface area contributed by atoms with Gasteiger partial charge in [0.05, 0.1) is 5.75 Å². The highest BCUT2D eigenvalue weighted by Crippen LogP contribution is 2.27. The van der Waals surface area contributed by atoms with Gasteiger partial charge in [0.1, 0.15) is 0 Å². The highest BCUT2D eigenvalue weighted by atomic mass is 32.2. The molecule has 0 bridgehead atoms. The smallest absolute Gasteiger partial charge is 0.215 e. The van der Waals surface area contributed by atoms with Crippen LogP contribution in [0, 0.1) is 0 Å². The van der Waals surface area contributed by atoms with Gasteiger partial charge in [-0.25, -0.2) is 12.7 Å². The molecule has 0 aliphatic heterocycles. The standard InChI is InChI=1S/C6H14N2O2S/c1-8(6-2-3-6)11(9,10)5-4-7/h6H,2-5,7H2,1H3. The summed E-state index contributed by atoms with van der Waals surface area (Å²) >= 11 is 0. The van der Waals surface area contributed by atoms with Gasteiger partial charge in [-0.05, 0) is 12.8 Å². The minimum atomic E-state index is -3.04. The Morgan fingerprint density at radius 2 is 2.09 bits per heavy atom. The first-order valence-electron chi connectivity index (χ1n) is 3.73. The molecule has 0 aromatic carbocycles. The van der Waals surface area contributed by atoms with Crippen LogP contribution >= 0.6 is 0 Å². The third-order valence-corrected chi connectivity index (χ3v) is 3.80. The van der Waals surface area contributed by atoms with Crippen molar-refractivity contribution >= 4 is 10.0 Å². The minimum absolute atomic E-state index is 0.0694. The van der Waals surface area contributed by atoms with E-state index in [9.17, 15) is 8.42 Å². The Morgan fingerprint density at radius 1 is 1.55 bits per heavy atom. The molecule has 5 heteroatoms. The summed E-state index contributed by atoms with van der Waals surface area (Å²) < 4.78 is 24.0. The molecule has 1 rings (SSSR count). The van der Waals surface area contributed by atoms with E-state index in [0.29, 0.717) is 0 Å². The van der Waals surface area contributed by atoms with E-state index in [4.69, 9.17) is 5.73 Å². The van der Waals surface area contributed by atoms with E-state index in [1.807, 2.05) is 0 Å². The van der Waals surface area contributed by atoms with Crippen LogP contribution in [0.25, 0.3) is 0 Å². The number of nitrogens with two attached hydrogens (primary N) is 1. The van der Waals surface area contributed by atoms with Gasteiger partial charge >= 0.3 is 0 Å². The molecule has 0 atom stereocenters. The van der Waals surface area contributed by atoms with Crippen LogP contribution in [0.4, 0.5) is 0 Å². The van der Waals surface area contributed by atoms with E-state index in [-0.39, 0.29) is 18.3 Å². The molecule has 0 aromatic heterocycles. The number of hydrogen-bond acceptors (Lipinski definition) is 3. The van der Waals surface area contributed by atoms with Crippen molar-refractivity contribution in [2.75, 3.05) is 19.3 Å². The van der Waals surface area contributed by atoms with Gasteiger partial charge < -0.3 is 5.73 Å². The molecule has 0 aromatic rings. The van der Waals surface area contributed by atoms with Crippen LogP contribution in [0.5, 0.6) is 0 Å². The van der Waals surface area contributed by atoms with Gasteiger partial charge in [0.15, 0.2) is 0 Å². The van der Waals surface area contributed by atoms with E-state index in [1.165, 1.54) is 4.31 Å². The highest BCUT2D eigenvalue weighted by Gasteiger charge is 2.33. The molecule has 0 spiro atoms. The van der Waals surface area contributed by atoms with Gasteiger partial charge in [-0.1, -0.05) is 0 Å². The Balaban J connectivity index is 2.55. The minimum Gasteiger partial charge on any atom is -0.329 e. The van der Waals surface area contributed by atoms with Crippen LogP contribution in [0.2, 0.25) is 0 Å². The Bertz CT molecular complexity index is 221. The van der Waals surface area contributed by atoms with E-state index in [2.05, 4.69) is 0 Å². The normalized spacial score (nSPS) is 19.2. The van der Waals surface area contributed by atoms with Gasteiger partial charge in [-0.2, -0.15) is 0 Å². The first-order chi connectivity index (χ1) is 5.08. The summed E-state index contributed by atoms with van der Waals surface area (Å²) in [6.45, 7) is 0.208. The second-order valence-corrected chi connectivity index (χ2v) is 5.00. The lowest BCUT2D eigenvalue weighted by Crippen LogP contribution is -2.33. The molecule has 0 unspecified atom stereocenters. The average molecular weight is 178 g/mol. The quantitative estimate of drug-likeness (QED) is 0.623. The number of rotatable bonds is 4. The maximum absolute atomic E-state index is 11.3. The van der Waals surface area contributed by atoms with E-state index in [0.717, 1.165) is 12.8 Å². The first kappa shape index (κ1) is 8.96. The zero-order valence-electron chi connectivity index (χ0n) is 6.66. The van der Waals surface area contributed by atoms with Crippen LogP contribution in [0.3, 0.4) is 0 Å². The van der Waals surface area contributed by atoms with E-state index in [1.54, 1.807) is 7.05 Å². The van der Waals surface area contributed by atoms with E-state index >= 15 is 0 Å². The lowest BCUT2D eigenvalue weighted by molar-refractivity contribution is 0.464. The van der Waals surface area contributed by atoms with Crippen molar-refractivity contribution < 1.29 is 8.42 Å². The molecule has 66 valence electrons. The first-order valence-corrected chi connectivity index (χ1v) is 5.34. The lowest BCUT2D eigenvalue weighted by atomic mass is 10.7. The molecule has 0 heterocycles. The average Bonchev–Trinajstić information content (AvgIpc) is 2.67. The fraction of sp³-hybridized carbons (Fsp3) is 1.00. The fourth-order valence-corrected chi connectivity index (χ4v) is 2.21. The number of hydrogen-bond donors (Lipinski definition) is 1. The summed E-state index contributed by atoms with van der Waals surface area (Å²) in [5, 5.41) is 0. The summed E-state index contributed by atoms with van der Waals surface area (Å²) in [7, 11) is -1.41. The molecule has 1 saturated carbocycles. The monoisotopic (exact) mass is 178 g/mol. The van der Waals surface area contributed by atoms with Crippen LogP contribution in [-0.2, 0) is 10.0 Å². The molecule has 1 aliphatic carbocycles. The van der Waals surface area contributed by atoms with E-state index < -0.39 is 10.0 Å². The van der Waals surface area contributed by atoms with Gasteiger partial charge in [-0.3, -0.25) is 0 Å².